The quantitative estimate of drug-likeness (QED) is 0.270. The molecule has 1 unspecified atom stereocenters. The first-order chi connectivity index (χ1) is 19.3. The molecule has 41 heavy (non-hydrogen) atoms. The van der Waals surface area contributed by atoms with Gasteiger partial charge in [-0.3, -0.25) is 4.79 Å². The van der Waals surface area contributed by atoms with Crippen LogP contribution < -0.4 is 16.2 Å². The summed E-state index contributed by atoms with van der Waals surface area (Å²) >= 11 is 0. The van der Waals surface area contributed by atoms with E-state index in [1.807, 2.05) is 30.8 Å². The Bertz CT molecular complexity index is 1060. The highest BCUT2D eigenvalue weighted by Crippen LogP contribution is 2.33. The number of alkyl halides is 6. The number of nitrogens with zero attached hydrogens (tertiary/aromatic N) is 4. The predicted molar refractivity (Wildman–Crippen MR) is 147 cm³/mol. The Hall–Kier alpha value is -3.03. The zero-order valence-corrected chi connectivity index (χ0v) is 24.3. The molecule has 0 saturated carbocycles. The van der Waals surface area contributed by atoms with Crippen molar-refractivity contribution in [3.63, 3.8) is 0 Å². The number of halogens is 6. The Morgan fingerprint density at radius 3 is 2.10 bits per heavy atom. The molecule has 3 N–H and O–H groups in total. The number of aryl methyl sites for hydroxylation is 1. The number of carbonyl (C=O) groups excluding carboxylic acids is 1. The van der Waals surface area contributed by atoms with Gasteiger partial charge in [-0.1, -0.05) is 41.0 Å². The van der Waals surface area contributed by atoms with Crippen LogP contribution in [0, 0.1) is 5.92 Å². The molecule has 0 amide bonds. The van der Waals surface area contributed by atoms with E-state index in [4.69, 9.17) is 5.73 Å². The second kappa shape index (κ2) is 19.2. The molecule has 0 radical (unpaired) electrons. The van der Waals surface area contributed by atoms with Gasteiger partial charge in [0.1, 0.15) is 11.8 Å². The van der Waals surface area contributed by atoms with Crippen molar-refractivity contribution in [2.24, 2.45) is 11.7 Å². The van der Waals surface area contributed by atoms with Crippen molar-refractivity contribution in [1.29, 1.82) is 0 Å². The van der Waals surface area contributed by atoms with Gasteiger partial charge in [0.25, 0.3) is 5.56 Å². The van der Waals surface area contributed by atoms with E-state index < -0.39 is 29.0 Å². The number of nitrogens with two attached hydrogens (primary N) is 1. The summed E-state index contributed by atoms with van der Waals surface area (Å²) in [7, 11) is 0. The first-order valence-corrected chi connectivity index (χ1v) is 13.7. The highest BCUT2D eigenvalue weighted by Gasteiger charge is 2.39. The van der Waals surface area contributed by atoms with Gasteiger partial charge in [-0.25, -0.2) is 15.1 Å². The molecule has 2 aromatic heterocycles. The number of hydrogen-bond donors (Lipinski definition) is 2. The predicted octanol–water partition coefficient (Wildman–Crippen LogP) is 5.99. The Kier molecular flexibility index (Phi) is 17.7. The summed E-state index contributed by atoms with van der Waals surface area (Å²) in [5.74, 6) is 0.965. The molecule has 0 spiro atoms. The summed E-state index contributed by atoms with van der Waals surface area (Å²) in [5, 5.41) is 5.48. The van der Waals surface area contributed by atoms with Gasteiger partial charge >= 0.3 is 12.4 Å². The van der Waals surface area contributed by atoms with Crippen molar-refractivity contribution in [3.8, 4) is 0 Å². The van der Waals surface area contributed by atoms with Gasteiger partial charge in [-0.15, -0.1) is 0 Å². The second-order valence-corrected chi connectivity index (χ2v) is 9.01. The summed E-state index contributed by atoms with van der Waals surface area (Å²) in [5.41, 5.74) is 2.33. The lowest BCUT2D eigenvalue weighted by Gasteiger charge is -2.23. The van der Waals surface area contributed by atoms with Crippen LogP contribution in [0.3, 0.4) is 0 Å². The number of fused-ring (bicyclic) bond motifs is 1. The molecular weight excluding hydrogens is 554 g/mol. The van der Waals surface area contributed by atoms with Crippen molar-refractivity contribution < 1.29 is 31.1 Å². The lowest BCUT2D eigenvalue weighted by atomic mass is 10.1. The molecule has 234 valence electrons. The van der Waals surface area contributed by atoms with Crippen LogP contribution >= 0.6 is 0 Å². The summed E-state index contributed by atoms with van der Waals surface area (Å²) in [6.07, 6.45) is -1.54. The van der Waals surface area contributed by atoms with Crippen molar-refractivity contribution >= 4 is 12.2 Å². The number of nitrogens with one attached hydrogen (secondary N) is 1. The first-order valence-electron chi connectivity index (χ1n) is 13.7. The molecule has 3 rings (SSSR count). The number of rotatable bonds is 9. The van der Waals surface area contributed by atoms with Gasteiger partial charge in [0.05, 0.1) is 11.3 Å². The molecule has 0 saturated heterocycles. The molecule has 1 atom stereocenters. The third kappa shape index (κ3) is 13.5. The van der Waals surface area contributed by atoms with Crippen molar-refractivity contribution in [3.05, 3.63) is 45.1 Å². The lowest BCUT2D eigenvalue weighted by Crippen LogP contribution is -2.28. The molecule has 0 fully saturated rings. The van der Waals surface area contributed by atoms with E-state index >= 15 is 0 Å². The van der Waals surface area contributed by atoms with Gasteiger partial charge in [0.2, 0.25) is 5.95 Å². The zero-order chi connectivity index (χ0) is 31.6. The van der Waals surface area contributed by atoms with Gasteiger partial charge < -0.3 is 15.4 Å². The third-order valence-electron chi connectivity index (χ3n) is 5.91. The third-order valence-corrected chi connectivity index (χ3v) is 5.91. The number of aromatic nitrogens is 4. The summed E-state index contributed by atoms with van der Waals surface area (Å²) in [6.45, 7) is 12.3. The van der Waals surface area contributed by atoms with E-state index in [2.05, 4.69) is 28.9 Å². The van der Waals surface area contributed by atoms with Crippen LogP contribution in [-0.2, 0) is 30.0 Å². The van der Waals surface area contributed by atoms with E-state index in [9.17, 15) is 35.9 Å². The fourth-order valence-corrected chi connectivity index (χ4v) is 3.59. The summed E-state index contributed by atoms with van der Waals surface area (Å²) in [4.78, 5) is 30.0. The zero-order valence-electron chi connectivity index (χ0n) is 24.3. The molecule has 2 heterocycles. The number of aromatic amines is 1. The Labute approximate surface area is 237 Å². The van der Waals surface area contributed by atoms with Crippen LogP contribution in [0.4, 0.5) is 32.3 Å². The molecule has 0 aromatic carbocycles. The lowest BCUT2D eigenvalue weighted by molar-refractivity contribution is -0.139. The standard InChI is InChI=1S/C14H22F3N3.C8H7F3N2O.C3H7NO.C2H6/c1-4-7-20(8-6-11(3)5-2)13-18-9-12(10-19-13)14(15,16)17;9-8(10,11)6-4-2-1-3-5(4)12-13-7(6)14;4-2-1-3-5;1-2/h9-11H,4-8H2,1-3H3;1-3H2,(H,13,14);3H,1-2,4H2;1-2H3. The van der Waals surface area contributed by atoms with E-state index in [-0.39, 0.29) is 5.56 Å². The molecule has 0 bridgehead atoms. The van der Waals surface area contributed by atoms with E-state index in [0.717, 1.165) is 51.0 Å². The Balaban J connectivity index is 0.000000658. The number of H-pyrrole nitrogens is 1. The summed E-state index contributed by atoms with van der Waals surface area (Å²) in [6, 6.07) is 0. The van der Waals surface area contributed by atoms with E-state index in [1.165, 1.54) is 0 Å². The average Bonchev–Trinajstić information content (AvgIpc) is 3.40. The molecule has 1 aliphatic rings. The monoisotopic (exact) mass is 596 g/mol. The second-order valence-electron chi connectivity index (χ2n) is 9.01. The minimum Gasteiger partial charge on any atom is -0.341 e. The molecular formula is C27H42F6N6O2. The smallest absolute Gasteiger partial charge is 0.341 e. The first kappa shape index (κ1) is 38.0. The number of aldehydes is 1. The molecule has 0 aliphatic heterocycles. The van der Waals surface area contributed by atoms with Crippen LogP contribution in [0.1, 0.15) is 89.1 Å². The SMILES string of the molecule is CC.CCCN(CCC(C)CC)c1ncc(C(F)(F)F)cn1.NCCC=O.O=c1[nH]nc2c(c1C(F)(F)F)CCC2. The minimum atomic E-state index is -4.58. The van der Waals surface area contributed by atoms with Crippen molar-refractivity contribution in [1.82, 2.24) is 20.2 Å². The Morgan fingerprint density at radius 1 is 1.05 bits per heavy atom. The highest BCUT2D eigenvalue weighted by molar-refractivity contribution is 5.49. The van der Waals surface area contributed by atoms with E-state index in [1.54, 1.807) is 0 Å². The average molecular weight is 597 g/mol. The maximum absolute atomic E-state index is 12.5. The summed E-state index contributed by atoms with van der Waals surface area (Å²) < 4.78 is 74.8. The fourth-order valence-electron chi connectivity index (χ4n) is 3.59. The molecule has 8 nitrogen and oxygen atoms in total. The normalized spacial score (nSPS) is 12.9. The van der Waals surface area contributed by atoms with Gasteiger partial charge in [-0.05, 0) is 50.1 Å². The molecule has 14 heteroatoms. The van der Waals surface area contributed by atoms with Crippen LogP contribution in [-0.4, -0.2) is 46.1 Å². The topological polar surface area (TPSA) is 118 Å². The molecule has 1 aliphatic carbocycles. The fraction of sp³-hybridized carbons (Fsp3) is 0.667. The van der Waals surface area contributed by atoms with Gasteiger partial charge in [0, 0.05) is 31.9 Å². The number of carbonyl (C=O) groups is 1. The van der Waals surface area contributed by atoms with Crippen LogP contribution in [0.2, 0.25) is 0 Å². The Morgan fingerprint density at radius 2 is 1.66 bits per heavy atom. The largest absolute Gasteiger partial charge is 0.422 e. The van der Waals surface area contributed by atoms with Crippen molar-refractivity contribution in [2.45, 2.75) is 91.9 Å². The molecule has 2 aromatic rings. The minimum absolute atomic E-state index is 0.0706. The van der Waals surface area contributed by atoms with Gasteiger partial charge in [0.15, 0.2) is 0 Å². The number of anilines is 1. The highest BCUT2D eigenvalue weighted by atomic mass is 19.4. The van der Waals surface area contributed by atoms with E-state index in [0.29, 0.717) is 49.8 Å². The van der Waals surface area contributed by atoms with Crippen LogP contribution in [0.5, 0.6) is 0 Å². The van der Waals surface area contributed by atoms with Crippen LogP contribution in [0.25, 0.3) is 0 Å². The van der Waals surface area contributed by atoms with Crippen LogP contribution in [0.15, 0.2) is 17.2 Å². The number of hydrogen-bond acceptors (Lipinski definition) is 7. The van der Waals surface area contributed by atoms with Gasteiger partial charge in [-0.2, -0.15) is 31.4 Å². The maximum atomic E-state index is 12.5. The maximum Gasteiger partial charge on any atom is 0.422 e. The van der Waals surface area contributed by atoms with Crippen molar-refractivity contribution in [2.75, 3.05) is 24.5 Å².